The lowest BCUT2D eigenvalue weighted by Gasteiger charge is -2.31. The summed E-state index contributed by atoms with van der Waals surface area (Å²) in [5.41, 5.74) is 5.21. The van der Waals surface area contributed by atoms with E-state index in [2.05, 4.69) is 49.7 Å². The Morgan fingerprint density at radius 2 is 2.00 bits per heavy atom. The third kappa shape index (κ3) is 4.00. The summed E-state index contributed by atoms with van der Waals surface area (Å²) in [6.07, 6.45) is 3.70. The second-order valence-corrected chi connectivity index (χ2v) is 7.99. The molecule has 0 unspecified atom stereocenters. The predicted molar refractivity (Wildman–Crippen MR) is 119 cm³/mol. The molecule has 152 valence electrons. The van der Waals surface area contributed by atoms with Gasteiger partial charge in [-0.05, 0) is 60.7 Å². The largest absolute Gasteiger partial charge is 0.357 e. The molecule has 0 bridgehead atoms. The molecule has 1 atom stereocenters. The molecule has 4 aromatic rings. The second-order valence-electron chi connectivity index (χ2n) is 7.99. The van der Waals surface area contributed by atoms with Crippen LogP contribution >= 0.6 is 0 Å². The van der Waals surface area contributed by atoms with Crippen LogP contribution in [0.3, 0.4) is 0 Å². The molecule has 1 aliphatic rings. The Morgan fingerprint density at radius 1 is 1.13 bits per heavy atom. The van der Waals surface area contributed by atoms with Crippen molar-refractivity contribution in [2.45, 2.75) is 19.4 Å². The number of aromatic nitrogens is 3. The number of para-hydroxylation sites is 1. The van der Waals surface area contributed by atoms with Crippen LogP contribution in [-0.2, 0) is 11.3 Å². The van der Waals surface area contributed by atoms with E-state index < -0.39 is 0 Å². The zero-order valence-electron chi connectivity index (χ0n) is 16.8. The first kappa shape index (κ1) is 18.6. The minimum absolute atomic E-state index is 0.00964. The molecule has 6 heteroatoms. The maximum atomic E-state index is 12.9. The van der Waals surface area contributed by atoms with Crippen LogP contribution in [-0.4, -0.2) is 39.1 Å². The van der Waals surface area contributed by atoms with E-state index in [1.165, 1.54) is 11.1 Å². The van der Waals surface area contributed by atoms with E-state index in [1.54, 1.807) is 6.20 Å². The van der Waals surface area contributed by atoms with Crippen molar-refractivity contribution in [1.29, 1.82) is 0 Å². The van der Waals surface area contributed by atoms with Gasteiger partial charge in [0.2, 0.25) is 5.91 Å². The Bertz CT molecular complexity index is 1100. The minimum Gasteiger partial charge on any atom is -0.357 e. The lowest BCUT2D eigenvalue weighted by atomic mass is 9.97. The summed E-state index contributed by atoms with van der Waals surface area (Å²) in [6.45, 7) is 2.66. The van der Waals surface area contributed by atoms with E-state index in [4.69, 9.17) is 0 Å². The van der Waals surface area contributed by atoms with Gasteiger partial charge in [-0.1, -0.05) is 30.3 Å². The van der Waals surface area contributed by atoms with E-state index in [0.29, 0.717) is 0 Å². The van der Waals surface area contributed by atoms with Gasteiger partial charge >= 0.3 is 0 Å². The van der Waals surface area contributed by atoms with Gasteiger partial charge in [-0.2, -0.15) is 5.10 Å². The van der Waals surface area contributed by atoms with Crippen LogP contribution in [0, 0.1) is 5.92 Å². The quantitative estimate of drug-likeness (QED) is 0.465. The van der Waals surface area contributed by atoms with Gasteiger partial charge < -0.3 is 10.3 Å². The number of H-pyrrole nitrogens is 2. The zero-order chi connectivity index (χ0) is 20.3. The standard InChI is InChI=1S/C24H25N5O/c30-24(27-20-9-7-17(8-10-20)23-11-12-25-28-23)19-5-3-13-29(15-19)16-21-14-18-4-1-2-6-22(18)26-21/h1-2,4,6-12,14,19,26H,3,5,13,15-16H2,(H,25,28)(H,27,30)/t19-/m1/s1. The van der Waals surface area contributed by atoms with Gasteiger partial charge in [-0.15, -0.1) is 0 Å². The molecule has 0 radical (unpaired) electrons. The van der Waals surface area contributed by atoms with Crippen molar-refractivity contribution in [2.75, 3.05) is 18.4 Å². The van der Waals surface area contributed by atoms with Crippen molar-refractivity contribution >= 4 is 22.5 Å². The average Bonchev–Trinajstić information content (AvgIpc) is 3.44. The number of hydrogen-bond donors (Lipinski definition) is 3. The van der Waals surface area contributed by atoms with Gasteiger partial charge in [0, 0.05) is 36.2 Å². The van der Waals surface area contributed by atoms with Gasteiger partial charge in [-0.25, -0.2) is 0 Å². The number of hydrogen-bond acceptors (Lipinski definition) is 3. The lowest BCUT2D eigenvalue weighted by Crippen LogP contribution is -2.40. The van der Waals surface area contributed by atoms with Crippen molar-refractivity contribution in [3.05, 3.63) is 72.6 Å². The van der Waals surface area contributed by atoms with Gasteiger partial charge in [0.05, 0.1) is 11.6 Å². The Hall–Kier alpha value is -3.38. The first-order valence-corrected chi connectivity index (χ1v) is 10.4. The minimum atomic E-state index is 0.00964. The molecule has 2 aromatic carbocycles. The van der Waals surface area contributed by atoms with Gasteiger partial charge in [0.1, 0.15) is 0 Å². The molecule has 30 heavy (non-hydrogen) atoms. The predicted octanol–water partition coefficient (Wildman–Crippen LogP) is 4.41. The van der Waals surface area contributed by atoms with Crippen LogP contribution in [0.2, 0.25) is 0 Å². The van der Waals surface area contributed by atoms with Crippen LogP contribution in [0.1, 0.15) is 18.5 Å². The van der Waals surface area contributed by atoms with Crippen LogP contribution in [0.5, 0.6) is 0 Å². The number of anilines is 1. The highest BCUT2D eigenvalue weighted by molar-refractivity contribution is 5.93. The normalized spacial score (nSPS) is 17.3. The Morgan fingerprint density at radius 3 is 2.80 bits per heavy atom. The molecule has 5 rings (SSSR count). The zero-order valence-corrected chi connectivity index (χ0v) is 16.8. The van der Waals surface area contributed by atoms with Crippen molar-refractivity contribution in [3.63, 3.8) is 0 Å². The Kier molecular flexibility index (Phi) is 5.07. The number of nitrogens with one attached hydrogen (secondary N) is 3. The highest BCUT2D eigenvalue weighted by Crippen LogP contribution is 2.23. The molecule has 0 spiro atoms. The maximum Gasteiger partial charge on any atom is 0.228 e. The Labute approximate surface area is 175 Å². The summed E-state index contributed by atoms with van der Waals surface area (Å²) < 4.78 is 0. The maximum absolute atomic E-state index is 12.9. The average molecular weight is 399 g/mol. The number of piperidine rings is 1. The van der Waals surface area contributed by atoms with Crippen LogP contribution in [0.4, 0.5) is 5.69 Å². The number of rotatable bonds is 5. The van der Waals surface area contributed by atoms with Crippen molar-refractivity contribution < 1.29 is 4.79 Å². The fourth-order valence-electron chi connectivity index (χ4n) is 4.27. The third-order valence-electron chi connectivity index (χ3n) is 5.82. The number of benzene rings is 2. The Balaban J connectivity index is 1.20. The smallest absolute Gasteiger partial charge is 0.228 e. The first-order chi connectivity index (χ1) is 14.7. The summed E-state index contributed by atoms with van der Waals surface area (Å²) in [6, 6.07) is 20.3. The van der Waals surface area contributed by atoms with Crippen LogP contribution in [0.25, 0.3) is 22.2 Å². The molecule has 0 saturated carbocycles. The molecular weight excluding hydrogens is 374 g/mol. The lowest BCUT2D eigenvalue weighted by molar-refractivity contribution is -0.121. The van der Waals surface area contributed by atoms with E-state index in [-0.39, 0.29) is 11.8 Å². The van der Waals surface area contributed by atoms with Crippen molar-refractivity contribution in [3.8, 4) is 11.3 Å². The number of fused-ring (bicyclic) bond motifs is 1. The fourth-order valence-corrected chi connectivity index (χ4v) is 4.27. The molecule has 1 aliphatic heterocycles. The fraction of sp³-hybridized carbons (Fsp3) is 0.250. The van der Waals surface area contributed by atoms with E-state index in [0.717, 1.165) is 54.9 Å². The second kappa shape index (κ2) is 8.16. The topological polar surface area (TPSA) is 76.8 Å². The number of aromatic amines is 2. The summed E-state index contributed by atoms with van der Waals surface area (Å²) in [5.74, 6) is 0.112. The monoisotopic (exact) mass is 399 g/mol. The highest BCUT2D eigenvalue weighted by atomic mass is 16.1. The summed E-state index contributed by atoms with van der Waals surface area (Å²) in [5, 5.41) is 11.3. The molecule has 3 heterocycles. The number of amides is 1. The molecule has 6 nitrogen and oxygen atoms in total. The number of carbonyl (C=O) groups excluding carboxylic acids is 1. The molecule has 1 fully saturated rings. The molecular formula is C24H25N5O. The van der Waals surface area contributed by atoms with E-state index in [9.17, 15) is 4.79 Å². The number of likely N-dealkylation sites (tertiary alicyclic amines) is 1. The summed E-state index contributed by atoms with van der Waals surface area (Å²) in [4.78, 5) is 18.7. The third-order valence-corrected chi connectivity index (χ3v) is 5.82. The molecule has 3 N–H and O–H groups in total. The molecule has 0 aliphatic carbocycles. The SMILES string of the molecule is O=C(Nc1ccc(-c2ccn[nH]2)cc1)[C@@H]1CCCN(Cc2cc3ccccc3[nH]2)C1. The molecule has 2 aromatic heterocycles. The molecule has 1 saturated heterocycles. The summed E-state index contributed by atoms with van der Waals surface area (Å²) in [7, 11) is 0. The summed E-state index contributed by atoms with van der Waals surface area (Å²) >= 11 is 0. The van der Waals surface area contributed by atoms with Crippen molar-refractivity contribution in [2.24, 2.45) is 5.92 Å². The van der Waals surface area contributed by atoms with E-state index in [1.807, 2.05) is 36.4 Å². The van der Waals surface area contributed by atoms with Crippen LogP contribution < -0.4 is 5.32 Å². The van der Waals surface area contributed by atoms with E-state index >= 15 is 0 Å². The van der Waals surface area contributed by atoms with Crippen LogP contribution in [0.15, 0.2) is 66.9 Å². The van der Waals surface area contributed by atoms with Gasteiger partial charge in [0.25, 0.3) is 0 Å². The number of carbonyl (C=O) groups is 1. The van der Waals surface area contributed by atoms with Gasteiger partial charge in [-0.3, -0.25) is 14.8 Å². The van der Waals surface area contributed by atoms with Crippen molar-refractivity contribution in [1.82, 2.24) is 20.1 Å². The first-order valence-electron chi connectivity index (χ1n) is 10.4. The molecule has 1 amide bonds. The van der Waals surface area contributed by atoms with Gasteiger partial charge in [0.15, 0.2) is 0 Å². The number of nitrogens with zero attached hydrogens (tertiary/aromatic N) is 2. The highest BCUT2D eigenvalue weighted by Gasteiger charge is 2.26.